The van der Waals surface area contributed by atoms with E-state index in [0.29, 0.717) is 17.3 Å². The molecule has 1 atom stereocenters. The third-order valence-corrected chi connectivity index (χ3v) is 3.69. The van der Waals surface area contributed by atoms with E-state index in [-0.39, 0.29) is 12.1 Å². The van der Waals surface area contributed by atoms with E-state index in [2.05, 4.69) is 0 Å². The Morgan fingerprint density at radius 1 is 1.55 bits per heavy atom. The molecule has 0 bridgehead atoms. The molecular weight excluding hydrogens is 278 g/mol. The molecule has 1 saturated heterocycles. The van der Waals surface area contributed by atoms with Crippen LogP contribution in [0, 0.1) is 0 Å². The van der Waals surface area contributed by atoms with Crippen molar-refractivity contribution in [2.45, 2.75) is 45.4 Å². The second kappa shape index (κ2) is 6.46. The van der Waals surface area contributed by atoms with Crippen LogP contribution in [0.5, 0.6) is 5.75 Å². The van der Waals surface area contributed by atoms with Gasteiger partial charge in [-0.1, -0.05) is 17.7 Å². The van der Waals surface area contributed by atoms with E-state index in [1.807, 2.05) is 36.9 Å². The first kappa shape index (κ1) is 15.1. The zero-order chi connectivity index (χ0) is 14.7. The van der Waals surface area contributed by atoms with Gasteiger partial charge in [0, 0.05) is 6.54 Å². The van der Waals surface area contributed by atoms with Gasteiger partial charge in [0.1, 0.15) is 11.8 Å². The number of carboxylic acids is 1. The Morgan fingerprint density at radius 3 is 2.90 bits per heavy atom. The molecule has 1 heterocycles. The molecule has 0 radical (unpaired) electrons. The molecule has 0 aromatic heterocycles. The second-order valence-corrected chi connectivity index (χ2v) is 5.81. The lowest BCUT2D eigenvalue weighted by Gasteiger charge is -2.21. The predicted molar refractivity (Wildman–Crippen MR) is 78.3 cm³/mol. The number of halogens is 1. The molecule has 1 aromatic carbocycles. The van der Waals surface area contributed by atoms with Gasteiger partial charge in [-0.2, -0.15) is 0 Å². The predicted octanol–water partition coefficient (Wildman–Crippen LogP) is 3.18. The molecule has 0 amide bonds. The number of likely N-dealkylation sites (tertiary alicyclic amines) is 1. The maximum absolute atomic E-state index is 11.2. The minimum atomic E-state index is -0.742. The van der Waals surface area contributed by atoms with Gasteiger partial charge in [-0.25, -0.2) is 0 Å². The van der Waals surface area contributed by atoms with Crippen LogP contribution < -0.4 is 4.74 Å². The zero-order valence-corrected chi connectivity index (χ0v) is 12.6. The molecule has 1 aliphatic heterocycles. The van der Waals surface area contributed by atoms with Gasteiger partial charge in [0.2, 0.25) is 0 Å². The molecule has 2 rings (SSSR count). The Hall–Kier alpha value is -1.26. The lowest BCUT2D eigenvalue weighted by atomic mass is 10.1. The van der Waals surface area contributed by atoms with Crippen LogP contribution >= 0.6 is 11.6 Å². The van der Waals surface area contributed by atoms with Crippen LogP contribution in [0.4, 0.5) is 0 Å². The van der Waals surface area contributed by atoms with Gasteiger partial charge in [0.15, 0.2) is 0 Å². The van der Waals surface area contributed by atoms with Crippen molar-refractivity contribution in [3.8, 4) is 5.75 Å². The van der Waals surface area contributed by atoms with Crippen LogP contribution in [-0.4, -0.2) is 34.7 Å². The van der Waals surface area contributed by atoms with Crippen molar-refractivity contribution in [3.63, 3.8) is 0 Å². The smallest absolute Gasteiger partial charge is 0.320 e. The van der Waals surface area contributed by atoms with Crippen LogP contribution in [0.3, 0.4) is 0 Å². The van der Waals surface area contributed by atoms with E-state index in [4.69, 9.17) is 16.3 Å². The summed E-state index contributed by atoms with van der Waals surface area (Å²) >= 11 is 6.20. The van der Waals surface area contributed by atoms with Crippen molar-refractivity contribution >= 4 is 17.6 Å². The van der Waals surface area contributed by atoms with Gasteiger partial charge < -0.3 is 9.84 Å². The van der Waals surface area contributed by atoms with Crippen LogP contribution in [0.1, 0.15) is 32.3 Å². The van der Waals surface area contributed by atoms with Crippen LogP contribution in [0.2, 0.25) is 5.02 Å². The summed E-state index contributed by atoms with van der Waals surface area (Å²) in [5.74, 6) is -0.0741. The average molecular weight is 298 g/mol. The molecule has 0 aliphatic carbocycles. The lowest BCUT2D eigenvalue weighted by molar-refractivity contribution is -0.142. The Balaban J connectivity index is 2.06. The third-order valence-electron chi connectivity index (χ3n) is 3.39. The Bertz CT molecular complexity index is 490. The molecule has 1 unspecified atom stereocenters. The average Bonchev–Trinajstić information content (AvgIpc) is 2.80. The standard InChI is InChI=1S/C15H20ClNO3/c1-10(2)20-14-6-5-11(8-12(14)16)9-17-7-3-4-13(17)15(18)19/h5-6,8,10,13H,3-4,7,9H2,1-2H3,(H,18,19). The van der Waals surface area contributed by atoms with Crippen LogP contribution in [0.25, 0.3) is 0 Å². The van der Waals surface area contributed by atoms with Gasteiger partial charge in [-0.3, -0.25) is 9.69 Å². The highest BCUT2D eigenvalue weighted by Crippen LogP contribution is 2.28. The largest absolute Gasteiger partial charge is 0.489 e. The number of ether oxygens (including phenoxy) is 1. The molecule has 20 heavy (non-hydrogen) atoms. The molecule has 1 fully saturated rings. The number of hydrogen-bond acceptors (Lipinski definition) is 3. The Morgan fingerprint density at radius 2 is 2.30 bits per heavy atom. The molecular formula is C15H20ClNO3. The van der Waals surface area contributed by atoms with Gasteiger partial charge >= 0.3 is 5.97 Å². The number of benzene rings is 1. The zero-order valence-electron chi connectivity index (χ0n) is 11.8. The fourth-order valence-electron chi connectivity index (χ4n) is 2.52. The van der Waals surface area contributed by atoms with E-state index < -0.39 is 5.97 Å². The SMILES string of the molecule is CC(C)Oc1ccc(CN2CCCC2C(=O)O)cc1Cl. The van der Waals surface area contributed by atoms with E-state index in [9.17, 15) is 9.90 Å². The molecule has 0 spiro atoms. The highest BCUT2D eigenvalue weighted by molar-refractivity contribution is 6.32. The van der Waals surface area contributed by atoms with Gasteiger partial charge in [-0.05, 0) is 50.9 Å². The van der Waals surface area contributed by atoms with Crippen molar-refractivity contribution in [2.24, 2.45) is 0 Å². The van der Waals surface area contributed by atoms with Crippen molar-refractivity contribution in [1.82, 2.24) is 4.90 Å². The van der Waals surface area contributed by atoms with E-state index >= 15 is 0 Å². The Kier molecular flexibility index (Phi) is 4.89. The summed E-state index contributed by atoms with van der Waals surface area (Å²) in [5.41, 5.74) is 1.01. The first-order chi connectivity index (χ1) is 9.47. The van der Waals surface area contributed by atoms with Gasteiger partial charge in [-0.15, -0.1) is 0 Å². The summed E-state index contributed by atoms with van der Waals surface area (Å²) in [4.78, 5) is 13.1. The molecule has 4 nitrogen and oxygen atoms in total. The van der Waals surface area contributed by atoms with E-state index in [1.165, 1.54) is 0 Å². The number of hydrogen-bond donors (Lipinski definition) is 1. The molecule has 1 aromatic rings. The monoisotopic (exact) mass is 297 g/mol. The number of carboxylic acid groups (broad SMARTS) is 1. The maximum Gasteiger partial charge on any atom is 0.320 e. The van der Waals surface area contributed by atoms with E-state index in [0.717, 1.165) is 24.9 Å². The fraction of sp³-hybridized carbons (Fsp3) is 0.533. The fourth-order valence-corrected chi connectivity index (χ4v) is 2.77. The summed E-state index contributed by atoms with van der Waals surface area (Å²) in [7, 11) is 0. The van der Waals surface area contributed by atoms with Crippen molar-refractivity contribution < 1.29 is 14.6 Å². The topological polar surface area (TPSA) is 49.8 Å². The number of aliphatic carboxylic acids is 1. The van der Waals surface area contributed by atoms with Gasteiger partial charge in [0.25, 0.3) is 0 Å². The third kappa shape index (κ3) is 3.64. The first-order valence-corrected chi connectivity index (χ1v) is 7.27. The van der Waals surface area contributed by atoms with Crippen LogP contribution in [0.15, 0.2) is 18.2 Å². The van der Waals surface area contributed by atoms with Crippen LogP contribution in [-0.2, 0) is 11.3 Å². The summed E-state index contributed by atoms with van der Waals surface area (Å²) in [6.45, 7) is 5.33. The summed E-state index contributed by atoms with van der Waals surface area (Å²) in [5, 5.41) is 9.74. The number of nitrogens with zero attached hydrogens (tertiary/aromatic N) is 1. The van der Waals surface area contributed by atoms with Gasteiger partial charge in [0.05, 0.1) is 11.1 Å². The highest BCUT2D eigenvalue weighted by Gasteiger charge is 2.30. The summed E-state index contributed by atoms with van der Waals surface area (Å²) < 4.78 is 5.59. The molecule has 0 saturated carbocycles. The quantitative estimate of drug-likeness (QED) is 0.907. The Labute approximate surface area is 124 Å². The molecule has 1 N–H and O–H groups in total. The first-order valence-electron chi connectivity index (χ1n) is 6.89. The maximum atomic E-state index is 11.2. The van der Waals surface area contributed by atoms with Crippen molar-refractivity contribution in [1.29, 1.82) is 0 Å². The number of carbonyl (C=O) groups is 1. The minimum Gasteiger partial charge on any atom is -0.489 e. The van der Waals surface area contributed by atoms with Crippen molar-refractivity contribution in [3.05, 3.63) is 28.8 Å². The normalized spacial score (nSPS) is 19.5. The lowest BCUT2D eigenvalue weighted by Crippen LogP contribution is -2.35. The van der Waals surface area contributed by atoms with Crippen molar-refractivity contribution in [2.75, 3.05) is 6.54 Å². The molecule has 1 aliphatic rings. The van der Waals surface area contributed by atoms with E-state index in [1.54, 1.807) is 0 Å². The second-order valence-electron chi connectivity index (χ2n) is 5.40. The molecule has 110 valence electrons. The summed E-state index contributed by atoms with van der Waals surface area (Å²) in [6.07, 6.45) is 1.73. The minimum absolute atomic E-state index is 0.0772. The highest BCUT2D eigenvalue weighted by atomic mass is 35.5. The number of rotatable bonds is 5. The molecule has 5 heteroatoms. The summed E-state index contributed by atoms with van der Waals surface area (Å²) in [6, 6.07) is 5.28.